The molecule has 11 aromatic rings. The van der Waals surface area contributed by atoms with Gasteiger partial charge in [-0.2, -0.15) is 0 Å². The maximum absolute atomic E-state index is 6.90. The van der Waals surface area contributed by atoms with Crippen molar-refractivity contribution in [3.8, 4) is 28.3 Å². The molecule has 3 heterocycles. The molecule has 232 valence electrons. The van der Waals surface area contributed by atoms with Crippen molar-refractivity contribution in [2.75, 3.05) is 0 Å². The first-order valence-corrected chi connectivity index (χ1v) is 16.9. The van der Waals surface area contributed by atoms with Crippen LogP contribution in [0.3, 0.4) is 0 Å². The van der Waals surface area contributed by atoms with Crippen LogP contribution in [0.15, 0.2) is 168 Å². The fraction of sp³-hybridized carbons (Fsp3) is 0. The molecular formula is C46H27N3O. The summed E-state index contributed by atoms with van der Waals surface area (Å²) in [5.41, 5.74) is 8.49. The molecule has 0 fully saturated rings. The Hall–Kier alpha value is -6.78. The standard InChI is InChI=1S/C46H27N3O/c1-2-14-30(15-3-1)41-45-42(48-46(47-41)49-40-21-11-10-19-35(40)36-25-24-29-13-6-7-17-33(29)43(36)49)39-27-38(34-18-8-9-20-37(34)44(39)50-45)32-23-22-28-12-4-5-16-31(28)26-32/h1-27H. The number of hydrogen-bond donors (Lipinski definition) is 0. The lowest BCUT2D eigenvalue weighted by Gasteiger charge is -2.11. The van der Waals surface area contributed by atoms with E-state index in [4.69, 9.17) is 14.4 Å². The molecule has 11 rings (SSSR count). The van der Waals surface area contributed by atoms with Gasteiger partial charge in [0.1, 0.15) is 16.8 Å². The van der Waals surface area contributed by atoms with Crippen LogP contribution in [0, 0.1) is 0 Å². The molecule has 0 atom stereocenters. The van der Waals surface area contributed by atoms with Gasteiger partial charge in [0.2, 0.25) is 5.95 Å². The summed E-state index contributed by atoms with van der Waals surface area (Å²) in [6.07, 6.45) is 0. The lowest BCUT2D eigenvalue weighted by molar-refractivity contribution is 0.670. The molecule has 0 amide bonds. The Morgan fingerprint density at radius 1 is 0.420 bits per heavy atom. The SMILES string of the molecule is c1ccc(-c2nc(-n3c4ccccc4c4ccc5ccccc5c43)nc3c2oc2c4ccccc4c(-c4ccc5ccccc5c4)cc32)cc1. The Morgan fingerprint density at radius 2 is 1.10 bits per heavy atom. The molecule has 3 aromatic heterocycles. The first kappa shape index (κ1) is 27.2. The van der Waals surface area contributed by atoms with E-state index in [2.05, 4.69) is 150 Å². The molecule has 0 saturated heterocycles. The van der Waals surface area contributed by atoms with Crippen LogP contribution in [0.25, 0.3) is 105 Å². The van der Waals surface area contributed by atoms with Crippen molar-refractivity contribution < 1.29 is 4.42 Å². The maximum atomic E-state index is 6.90. The van der Waals surface area contributed by atoms with Gasteiger partial charge in [0.15, 0.2) is 5.58 Å². The van der Waals surface area contributed by atoms with Crippen molar-refractivity contribution >= 4 is 76.2 Å². The van der Waals surface area contributed by atoms with Gasteiger partial charge in [0.25, 0.3) is 0 Å². The average Bonchev–Trinajstić information content (AvgIpc) is 3.73. The molecule has 0 aliphatic carbocycles. The van der Waals surface area contributed by atoms with Gasteiger partial charge in [0, 0.05) is 32.5 Å². The second-order valence-electron chi connectivity index (χ2n) is 13.0. The van der Waals surface area contributed by atoms with Crippen molar-refractivity contribution in [3.05, 3.63) is 164 Å². The van der Waals surface area contributed by atoms with E-state index in [0.29, 0.717) is 11.5 Å². The van der Waals surface area contributed by atoms with Gasteiger partial charge in [-0.05, 0) is 50.9 Å². The lowest BCUT2D eigenvalue weighted by atomic mass is 9.94. The third-order valence-corrected chi connectivity index (χ3v) is 10.2. The summed E-state index contributed by atoms with van der Waals surface area (Å²) in [5, 5.41) is 10.3. The molecule has 0 spiro atoms. The molecule has 0 aliphatic heterocycles. The summed E-state index contributed by atoms with van der Waals surface area (Å²) in [6.45, 7) is 0. The second-order valence-corrected chi connectivity index (χ2v) is 13.0. The van der Waals surface area contributed by atoms with Gasteiger partial charge in [0.05, 0.1) is 11.0 Å². The van der Waals surface area contributed by atoms with Crippen LogP contribution >= 0.6 is 0 Å². The summed E-state index contributed by atoms with van der Waals surface area (Å²) in [7, 11) is 0. The smallest absolute Gasteiger partial charge is 0.236 e. The van der Waals surface area contributed by atoms with Crippen molar-refractivity contribution in [2.45, 2.75) is 0 Å². The van der Waals surface area contributed by atoms with E-state index in [1.54, 1.807) is 0 Å². The highest BCUT2D eigenvalue weighted by Crippen LogP contribution is 2.43. The Morgan fingerprint density at radius 3 is 1.96 bits per heavy atom. The minimum Gasteiger partial charge on any atom is -0.451 e. The van der Waals surface area contributed by atoms with Crippen LogP contribution in [0.2, 0.25) is 0 Å². The third-order valence-electron chi connectivity index (χ3n) is 10.2. The number of hydrogen-bond acceptors (Lipinski definition) is 3. The fourth-order valence-corrected chi connectivity index (χ4v) is 7.88. The van der Waals surface area contributed by atoms with E-state index in [1.807, 2.05) is 18.2 Å². The number of aromatic nitrogens is 3. The lowest BCUT2D eigenvalue weighted by Crippen LogP contribution is -2.03. The van der Waals surface area contributed by atoms with Gasteiger partial charge < -0.3 is 4.42 Å². The molecule has 0 N–H and O–H groups in total. The number of para-hydroxylation sites is 1. The summed E-state index contributed by atoms with van der Waals surface area (Å²) in [6, 6.07) is 57.9. The molecule has 0 unspecified atom stereocenters. The summed E-state index contributed by atoms with van der Waals surface area (Å²) < 4.78 is 9.13. The van der Waals surface area contributed by atoms with E-state index in [-0.39, 0.29) is 0 Å². The Bertz CT molecular complexity index is 3150. The fourth-order valence-electron chi connectivity index (χ4n) is 7.88. The topological polar surface area (TPSA) is 43.9 Å². The van der Waals surface area contributed by atoms with E-state index in [1.165, 1.54) is 26.9 Å². The van der Waals surface area contributed by atoms with Crippen LogP contribution in [-0.4, -0.2) is 14.5 Å². The van der Waals surface area contributed by atoms with E-state index in [9.17, 15) is 0 Å². The molecule has 0 saturated carbocycles. The van der Waals surface area contributed by atoms with Crippen LogP contribution in [0.5, 0.6) is 0 Å². The Labute approximate surface area is 286 Å². The van der Waals surface area contributed by atoms with Gasteiger partial charge in [-0.3, -0.25) is 4.57 Å². The van der Waals surface area contributed by atoms with Gasteiger partial charge in [-0.25, -0.2) is 9.97 Å². The van der Waals surface area contributed by atoms with Crippen LogP contribution < -0.4 is 0 Å². The van der Waals surface area contributed by atoms with Crippen molar-refractivity contribution in [2.24, 2.45) is 0 Å². The molecule has 8 aromatic carbocycles. The number of nitrogens with zero attached hydrogens (tertiary/aromatic N) is 3. The Kier molecular flexibility index (Phi) is 5.63. The molecule has 4 heteroatoms. The highest BCUT2D eigenvalue weighted by Gasteiger charge is 2.23. The van der Waals surface area contributed by atoms with E-state index in [0.717, 1.165) is 66.1 Å². The zero-order chi connectivity index (χ0) is 32.8. The molecule has 50 heavy (non-hydrogen) atoms. The zero-order valence-corrected chi connectivity index (χ0v) is 26.8. The van der Waals surface area contributed by atoms with Gasteiger partial charge >= 0.3 is 0 Å². The van der Waals surface area contributed by atoms with E-state index >= 15 is 0 Å². The molecule has 0 aliphatic rings. The zero-order valence-electron chi connectivity index (χ0n) is 26.8. The highest BCUT2D eigenvalue weighted by molar-refractivity contribution is 6.21. The first-order valence-electron chi connectivity index (χ1n) is 16.9. The summed E-state index contributed by atoms with van der Waals surface area (Å²) in [5.74, 6) is 0.613. The van der Waals surface area contributed by atoms with Crippen LogP contribution in [0.4, 0.5) is 0 Å². The van der Waals surface area contributed by atoms with Gasteiger partial charge in [-0.15, -0.1) is 0 Å². The number of benzene rings is 8. The predicted molar refractivity (Wildman–Crippen MR) is 207 cm³/mol. The molecule has 4 nitrogen and oxygen atoms in total. The van der Waals surface area contributed by atoms with Crippen molar-refractivity contribution in [1.29, 1.82) is 0 Å². The predicted octanol–water partition coefficient (Wildman–Crippen LogP) is 12.3. The molecule has 0 radical (unpaired) electrons. The maximum Gasteiger partial charge on any atom is 0.236 e. The Balaban J connectivity index is 1.30. The second kappa shape index (κ2) is 10.4. The van der Waals surface area contributed by atoms with Crippen LogP contribution in [-0.2, 0) is 0 Å². The van der Waals surface area contributed by atoms with E-state index < -0.39 is 0 Å². The number of fused-ring (bicyclic) bond motifs is 11. The summed E-state index contributed by atoms with van der Waals surface area (Å²) in [4.78, 5) is 10.8. The number of furan rings is 1. The molecular weight excluding hydrogens is 611 g/mol. The van der Waals surface area contributed by atoms with Crippen LogP contribution in [0.1, 0.15) is 0 Å². The minimum atomic E-state index is 0.613. The molecule has 0 bridgehead atoms. The van der Waals surface area contributed by atoms with Crippen molar-refractivity contribution in [1.82, 2.24) is 14.5 Å². The minimum absolute atomic E-state index is 0.613. The average molecular weight is 638 g/mol. The van der Waals surface area contributed by atoms with Crippen molar-refractivity contribution in [3.63, 3.8) is 0 Å². The monoisotopic (exact) mass is 637 g/mol. The normalized spacial score (nSPS) is 12.0. The summed E-state index contributed by atoms with van der Waals surface area (Å²) >= 11 is 0. The third kappa shape index (κ3) is 3.87. The highest BCUT2D eigenvalue weighted by atomic mass is 16.3. The number of rotatable bonds is 3. The first-order chi connectivity index (χ1) is 24.8. The quantitative estimate of drug-likeness (QED) is 0.194. The largest absolute Gasteiger partial charge is 0.451 e. The van der Waals surface area contributed by atoms with Gasteiger partial charge in [-0.1, -0.05) is 146 Å².